The summed E-state index contributed by atoms with van der Waals surface area (Å²) in [6.07, 6.45) is 3.76. The van der Waals surface area contributed by atoms with Gasteiger partial charge in [-0.2, -0.15) is 0 Å². The number of benzene rings is 1. The minimum atomic E-state index is -0.149. The van der Waals surface area contributed by atoms with Crippen molar-refractivity contribution in [3.63, 3.8) is 0 Å². The highest BCUT2D eigenvalue weighted by Gasteiger charge is 2.37. The topological polar surface area (TPSA) is 52.6 Å². The minimum absolute atomic E-state index is 0.00305. The van der Waals surface area contributed by atoms with Crippen LogP contribution in [-0.4, -0.2) is 35.7 Å². The van der Waals surface area contributed by atoms with Gasteiger partial charge in [0.15, 0.2) is 0 Å². The second kappa shape index (κ2) is 6.97. The number of hydrogen-bond donors (Lipinski definition) is 2. The van der Waals surface area contributed by atoms with Crippen LogP contribution >= 0.6 is 0 Å². The van der Waals surface area contributed by atoms with Crippen LogP contribution in [-0.2, 0) is 6.42 Å². The maximum atomic E-state index is 12.5. The number of fused-ring (bicyclic) bond motifs is 1. The first-order valence-corrected chi connectivity index (χ1v) is 7.84. The van der Waals surface area contributed by atoms with E-state index in [1.165, 1.54) is 11.1 Å². The Morgan fingerprint density at radius 2 is 2.23 bits per heavy atom. The van der Waals surface area contributed by atoms with E-state index in [1.807, 2.05) is 12.1 Å². The molecule has 0 aliphatic heterocycles. The van der Waals surface area contributed by atoms with Gasteiger partial charge in [0.05, 0.1) is 12.6 Å². The second-order valence-corrected chi connectivity index (χ2v) is 6.53. The van der Waals surface area contributed by atoms with E-state index in [4.69, 9.17) is 5.11 Å². The normalized spacial score (nSPS) is 19.1. The number of carbonyl (C=O) groups is 1. The molecule has 4 nitrogen and oxygen atoms in total. The molecular weight excluding hydrogens is 276 g/mol. The molecule has 120 valence electrons. The smallest absolute Gasteiger partial charge is 0.318 e. The van der Waals surface area contributed by atoms with Gasteiger partial charge in [-0.25, -0.2) is 4.79 Å². The number of aliphatic hydroxyl groups is 1. The molecule has 2 N–H and O–H groups in total. The molecular formula is C18H26N2O2. The van der Waals surface area contributed by atoms with Gasteiger partial charge in [0, 0.05) is 13.1 Å². The molecule has 1 aliphatic rings. The summed E-state index contributed by atoms with van der Waals surface area (Å²) in [6, 6.07) is 8.14. The third kappa shape index (κ3) is 3.50. The highest BCUT2D eigenvalue weighted by molar-refractivity contribution is 5.75. The number of urea groups is 1. The summed E-state index contributed by atoms with van der Waals surface area (Å²) in [7, 11) is 0. The molecule has 1 aromatic rings. The summed E-state index contributed by atoms with van der Waals surface area (Å²) in [5.41, 5.74) is 2.52. The predicted octanol–water partition coefficient (Wildman–Crippen LogP) is 2.89. The zero-order valence-electron chi connectivity index (χ0n) is 13.5. The van der Waals surface area contributed by atoms with E-state index in [9.17, 15) is 4.79 Å². The van der Waals surface area contributed by atoms with E-state index >= 15 is 0 Å². The lowest BCUT2D eigenvalue weighted by Gasteiger charge is -2.41. The number of aryl methyl sites for hydroxylation is 1. The first-order valence-electron chi connectivity index (χ1n) is 7.84. The van der Waals surface area contributed by atoms with Crippen molar-refractivity contribution in [2.45, 2.75) is 32.7 Å². The van der Waals surface area contributed by atoms with Gasteiger partial charge in [-0.1, -0.05) is 44.2 Å². The quantitative estimate of drug-likeness (QED) is 0.822. The largest absolute Gasteiger partial charge is 0.395 e. The van der Waals surface area contributed by atoms with E-state index in [1.54, 1.807) is 11.0 Å². The molecule has 0 saturated heterocycles. The van der Waals surface area contributed by atoms with Gasteiger partial charge in [0.2, 0.25) is 0 Å². The molecule has 1 atom stereocenters. The van der Waals surface area contributed by atoms with Crippen molar-refractivity contribution in [2.24, 2.45) is 5.41 Å². The van der Waals surface area contributed by atoms with Crippen LogP contribution in [0.4, 0.5) is 4.79 Å². The van der Waals surface area contributed by atoms with E-state index in [0.29, 0.717) is 13.1 Å². The molecule has 0 spiro atoms. The molecule has 2 amide bonds. The highest BCUT2D eigenvalue weighted by atomic mass is 16.3. The van der Waals surface area contributed by atoms with Gasteiger partial charge >= 0.3 is 6.03 Å². The average molecular weight is 302 g/mol. The van der Waals surface area contributed by atoms with Crippen LogP contribution in [0.1, 0.15) is 37.4 Å². The van der Waals surface area contributed by atoms with Crippen molar-refractivity contribution in [1.82, 2.24) is 10.2 Å². The van der Waals surface area contributed by atoms with E-state index in [0.717, 1.165) is 12.8 Å². The third-order valence-electron chi connectivity index (χ3n) is 4.46. The maximum absolute atomic E-state index is 12.5. The lowest BCUT2D eigenvalue weighted by atomic mass is 9.70. The van der Waals surface area contributed by atoms with Crippen molar-refractivity contribution in [2.75, 3.05) is 19.7 Å². The van der Waals surface area contributed by atoms with Gasteiger partial charge in [-0.15, -0.1) is 6.58 Å². The first kappa shape index (κ1) is 16.6. The number of aliphatic hydroxyl groups excluding tert-OH is 1. The summed E-state index contributed by atoms with van der Waals surface area (Å²) in [6.45, 7) is 8.75. The van der Waals surface area contributed by atoms with Crippen molar-refractivity contribution in [1.29, 1.82) is 0 Å². The minimum Gasteiger partial charge on any atom is -0.395 e. The van der Waals surface area contributed by atoms with Crippen molar-refractivity contribution in [3.8, 4) is 0 Å². The average Bonchev–Trinajstić information content (AvgIpc) is 2.50. The monoisotopic (exact) mass is 302 g/mol. The lowest BCUT2D eigenvalue weighted by molar-refractivity contribution is 0.159. The number of rotatable bonds is 5. The molecule has 1 aliphatic carbocycles. The highest BCUT2D eigenvalue weighted by Crippen LogP contribution is 2.43. The Labute approximate surface area is 132 Å². The van der Waals surface area contributed by atoms with E-state index in [-0.39, 0.29) is 24.1 Å². The van der Waals surface area contributed by atoms with Crippen LogP contribution in [0.15, 0.2) is 36.9 Å². The molecule has 0 saturated carbocycles. The Hall–Kier alpha value is -1.81. The Morgan fingerprint density at radius 3 is 2.91 bits per heavy atom. The van der Waals surface area contributed by atoms with Crippen LogP contribution in [0.2, 0.25) is 0 Å². The van der Waals surface area contributed by atoms with Gasteiger partial charge in [0.1, 0.15) is 0 Å². The van der Waals surface area contributed by atoms with Crippen molar-refractivity contribution in [3.05, 3.63) is 48.0 Å². The number of nitrogens with zero attached hydrogens (tertiary/aromatic N) is 1. The summed E-state index contributed by atoms with van der Waals surface area (Å²) >= 11 is 0. The summed E-state index contributed by atoms with van der Waals surface area (Å²) in [5.74, 6) is 0. The van der Waals surface area contributed by atoms with Gasteiger partial charge in [0.25, 0.3) is 0 Å². The molecule has 1 unspecified atom stereocenters. The second-order valence-electron chi connectivity index (χ2n) is 6.53. The predicted molar refractivity (Wildman–Crippen MR) is 88.7 cm³/mol. The molecule has 2 rings (SSSR count). The van der Waals surface area contributed by atoms with E-state index in [2.05, 4.69) is 37.9 Å². The van der Waals surface area contributed by atoms with Crippen LogP contribution < -0.4 is 5.32 Å². The Bertz CT molecular complexity index is 540. The van der Waals surface area contributed by atoms with Crippen molar-refractivity contribution < 1.29 is 9.90 Å². The van der Waals surface area contributed by atoms with Crippen LogP contribution in [0.25, 0.3) is 0 Å². The summed E-state index contributed by atoms with van der Waals surface area (Å²) < 4.78 is 0. The summed E-state index contributed by atoms with van der Waals surface area (Å²) in [5, 5.41) is 12.3. The van der Waals surface area contributed by atoms with Crippen LogP contribution in [0, 0.1) is 5.41 Å². The van der Waals surface area contributed by atoms with Crippen LogP contribution in [0.3, 0.4) is 0 Å². The van der Waals surface area contributed by atoms with Crippen LogP contribution in [0.5, 0.6) is 0 Å². The molecule has 4 heteroatoms. The number of amides is 2. The number of nitrogens with one attached hydrogen (secondary N) is 1. The molecule has 0 bridgehead atoms. The molecule has 0 fully saturated rings. The van der Waals surface area contributed by atoms with Gasteiger partial charge in [-0.05, 0) is 29.4 Å². The van der Waals surface area contributed by atoms with E-state index < -0.39 is 0 Å². The SMILES string of the molecule is C=CCN(CCO)C(=O)NC1c2ccccc2CCC1(C)C. The van der Waals surface area contributed by atoms with Gasteiger partial charge in [-0.3, -0.25) is 0 Å². The molecule has 0 heterocycles. The number of carbonyl (C=O) groups excluding carboxylic acids is 1. The van der Waals surface area contributed by atoms with Crippen molar-refractivity contribution >= 4 is 6.03 Å². The zero-order chi connectivity index (χ0) is 16.2. The third-order valence-corrected chi connectivity index (χ3v) is 4.46. The Kier molecular flexibility index (Phi) is 5.24. The standard InChI is InChI=1S/C18H26N2O2/c1-4-11-20(12-13-21)17(22)19-16-15-8-6-5-7-14(15)9-10-18(16,2)3/h4-8,16,21H,1,9-13H2,2-3H3,(H,19,22). The molecule has 0 aromatic heterocycles. The molecule has 1 aromatic carbocycles. The zero-order valence-corrected chi connectivity index (χ0v) is 13.5. The fourth-order valence-electron chi connectivity index (χ4n) is 3.11. The Balaban J connectivity index is 2.22. The summed E-state index contributed by atoms with van der Waals surface area (Å²) in [4.78, 5) is 14.1. The fourth-order valence-corrected chi connectivity index (χ4v) is 3.11. The fraction of sp³-hybridized carbons (Fsp3) is 0.500. The van der Waals surface area contributed by atoms with Gasteiger partial charge < -0.3 is 15.3 Å². The maximum Gasteiger partial charge on any atom is 0.318 e. The molecule has 22 heavy (non-hydrogen) atoms. The Morgan fingerprint density at radius 1 is 1.50 bits per heavy atom. The first-order chi connectivity index (χ1) is 10.5. The lowest BCUT2D eigenvalue weighted by Crippen LogP contribution is -2.47. The molecule has 0 radical (unpaired) electrons. The number of hydrogen-bond acceptors (Lipinski definition) is 2.